The highest BCUT2D eigenvalue weighted by Gasteiger charge is 2.51. The fraction of sp³-hybridized carbons (Fsp3) is 0.800. The summed E-state index contributed by atoms with van der Waals surface area (Å²) >= 11 is 0. The summed E-state index contributed by atoms with van der Waals surface area (Å²) in [7, 11) is 0. The van der Waals surface area contributed by atoms with Crippen molar-refractivity contribution >= 4 is 5.97 Å². The van der Waals surface area contributed by atoms with Gasteiger partial charge in [0, 0.05) is 6.42 Å². The lowest BCUT2D eigenvalue weighted by atomic mass is 10.2. The zero-order chi connectivity index (χ0) is 6.43. The molecule has 0 spiro atoms. The Bertz CT molecular complexity index is 145. The number of aliphatic carboxylic acids is 1. The van der Waals surface area contributed by atoms with Crippen LogP contribution in [0.4, 0.5) is 0 Å². The molecule has 0 radical (unpaired) electrons. The Kier molecular flexibility index (Phi) is 0.841. The molecule has 2 aliphatic heterocycles. The van der Waals surface area contributed by atoms with Gasteiger partial charge in [-0.25, -0.2) is 4.79 Å². The lowest BCUT2D eigenvalue weighted by molar-refractivity contribution is -0.153. The summed E-state index contributed by atoms with van der Waals surface area (Å²) in [6, 6.07) is 0. The minimum atomic E-state index is -0.884. The Labute approximate surface area is 51.4 Å². The van der Waals surface area contributed by atoms with Crippen LogP contribution in [0.15, 0.2) is 0 Å². The molecule has 9 heavy (non-hydrogen) atoms. The molecule has 0 aromatic rings. The molecule has 0 aliphatic carbocycles. The summed E-state index contributed by atoms with van der Waals surface area (Å²) in [5.74, 6) is -0.884. The number of ether oxygens (including phenoxy) is 2. The van der Waals surface area contributed by atoms with E-state index >= 15 is 0 Å². The Hall–Kier alpha value is -0.610. The van der Waals surface area contributed by atoms with Gasteiger partial charge in [0.25, 0.3) is 0 Å². The molecule has 50 valence electrons. The number of carboxylic acid groups (broad SMARTS) is 1. The van der Waals surface area contributed by atoms with Gasteiger partial charge in [0.1, 0.15) is 6.10 Å². The standard InChI is InChI=1S/C5H6O4/c6-4(7)2-1-3-5(8-2)9-3/h2-3,5H,1H2,(H,6,7). The number of epoxide rings is 1. The van der Waals surface area contributed by atoms with E-state index in [0.717, 1.165) is 0 Å². The zero-order valence-electron chi connectivity index (χ0n) is 4.61. The van der Waals surface area contributed by atoms with Crippen LogP contribution >= 0.6 is 0 Å². The summed E-state index contributed by atoms with van der Waals surface area (Å²) in [5, 5.41) is 8.37. The molecular formula is C5H6O4. The largest absolute Gasteiger partial charge is 0.479 e. The van der Waals surface area contributed by atoms with E-state index in [2.05, 4.69) is 0 Å². The van der Waals surface area contributed by atoms with Gasteiger partial charge in [-0.3, -0.25) is 0 Å². The molecule has 0 saturated carbocycles. The highest BCUT2D eigenvalue weighted by atomic mass is 16.8. The molecule has 0 aromatic heterocycles. The van der Waals surface area contributed by atoms with Crippen molar-refractivity contribution in [2.45, 2.75) is 24.9 Å². The van der Waals surface area contributed by atoms with Crippen LogP contribution in [0.5, 0.6) is 0 Å². The fourth-order valence-corrected chi connectivity index (χ4v) is 1.00. The van der Waals surface area contributed by atoms with Gasteiger partial charge in [-0.15, -0.1) is 0 Å². The first-order chi connectivity index (χ1) is 4.27. The van der Waals surface area contributed by atoms with Crippen LogP contribution < -0.4 is 0 Å². The molecule has 0 aromatic carbocycles. The topological polar surface area (TPSA) is 59.1 Å². The molecule has 0 bridgehead atoms. The van der Waals surface area contributed by atoms with Gasteiger partial charge >= 0.3 is 5.97 Å². The Balaban J connectivity index is 1.97. The van der Waals surface area contributed by atoms with E-state index < -0.39 is 12.1 Å². The summed E-state index contributed by atoms with van der Waals surface area (Å²) < 4.78 is 9.72. The summed E-state index contributed by atoms with van der Waals surface area (Å²) in [5.41, 5.74) is 0. The van der Waals surface area contributed by atoms with E-state index in [1.165, 1.54) is 0 Å². The first kappa shape index (κ1) is 5.20. The molecule has 0 amide bonds. The normalized spacial score (nSPS) is 46.4. The first-order valence-electron chi connectivity index (χ1n) is 2.81. The third-order valence-electron chi connectivity index (χ3n) is 1.56. The molecule has 4 nitrogen and oxygen atoms in total. The molecule has 1 N–H and O–H groups in total. The minimum absolute atomic E-state index is 0.0751. The maximum absolute atomic E-state index is 10.2. The number of hydrogen-bond acceptors (Lipinski definition) is 3. The van der Waals surface area contributed by atoms with Gasteiger partial charge in [0.05, 0.1) is 0 Å². The number of rotatable bonds is 1. The number of fused-ring (bicyclic) bond motifs is 1. The zero-order valence-corrected chi connectivity index (χ0v) is 4.61. The molecular weight excluding hydrogens is 124 g/mol. The predicted octanol–water partition coefficient (Wildman–Crippen LogP) is -0.415. The number of carboxylic acids is 1. The van der Waals surface area contributed by atoms with Crippen LogP contribution in [0.1, 0.15) is 6.42 Å². The van der Waals surface area contributed by atoms with Crippen LogP contribution in [0.2, 0.25) is 0 Å². The smallest absolute Gasteiger partial charge is 0.333 e. The monoisotopic (exact) mass is 130 g/mol. The average Bonchev–Trinajstić information content (AvgIpc) is 2.40. The molecule has 3 unspecified atom stereocenters. The van der Waals surface area contributed by atoms with Gasteiger partial charge in [-0.05, 0) is 0 Å². The van der Waals surface area contributed by atoms with E-state index in [-0.39, 0.29) is 12.4 Å². The number of carbonyl (C=O) groups is 1. The highest BCUT2D eigenvalue weighted by Crippen LogP contribution is 2.36. The van der Waals surface area contributed by atoms with Crippen molar-refractivity contribution in [2.24, 2.45) is 0 Å². The van der Waals surface area contributed by atoms with Gasteiger partial charge < -0.3 is 14.6 Å². The molecule has 2 fully saturated rings. The Morgan fingerprint density at radius 3 is 2.67 bits per heavy atom. The maximum Gasteiger partial charge on any atom is 0.333 e. The maximum atomic E-state index is 10.2. The van der Waals surface area contributed by atoms with Crippen molar-refractivity contribution in [3.05, 3.63) is 0 Å². The van der Waals surface area contributed by atoms with Crippen molar-refractivity contribution in [3.8, 4) is 0 Å². The van der Waals surface area contributed by atoms with Crippen molar-refractivity contribution in [1.82, 2.24) is 0 Å². The van der Waals surface area contributed by atoms with Crippen molar-refractivity contribution in [1.29, 1.82) is 0 Å². The van der Waals surface area contributed by atoms with E-state index in [1.54, 1.807) is 0 Å². The molecule has 2 aliphatic rings. The Morgan fingerprint density at radius 1 is 1.56 bits per heavy atom. The lowest BCUT2D eigenvalue weighted by Crippen LogP contribution is -2.21. The molecule has 2 saturated heterocycles. The van der Waals surface area contributed by atoms with Gasteiger partial charge in [-0.1, -0.05) is 0 Å². The third kappa shape index (κ3) is 0.710. The minimum Gasteiger partial charge on any atom is -0.479 e. The van der Waals surface area contributed by atoms with Gasteiger partial charge in [0.15, 0.2) is 12.4 Å². The number of hydrogen-bond donors (Lipinski definition) is 1. The molecule has 2 heterocycles. The highest BCUT2D eigenvalue weighted by molar-refractivity contribution is 5.72. The van der Waals surface area contributed by atoms with Crippen LogP contribution in [0, 0.1) is 0 Å². The second-order valence-corrected chi connectivity index (χ2v) is 2.24. The second-order valence-electron chi connectivity index (χ2n) is 2.24. The van der Waals surface area contributed by atoms with Gasteiger partial charge in [-0.2, -0.15) is 0 Å². The van der Waals surface area contributed by atoms with Crippen molar-refractivity contribution in [3.63, 3.8) is 0 Å². The third-order valence-corrected chi connectivity index (χ3v) is 1.56. The van der Waals surface area contributed by atoms with E-state index in [9.17, 15) is 4.79 Å². The van der Waals surface area contributed by atoms with E-state index in [0.29, 0.717) is 6.42 Å². The van der Waals surface area contributed by atoms with Crippen LogP contribution in [-0.2, 0) is 14.3 Å². The van der Waals surface area contributed by atoms with Crippen molar-refractivity contribution < 1.29 is 19.4 Å². The van der Waals surface area contributed by atoms with Crippen LogP contribution in [-0.4, -0.2) is 29.6 Å². The van der Waals surface area contributed by atoms with E-state index in [1.807, 2.05) is 0 Å². The average molecular weight is 130 g/mol. The molecule has 4 heteroatoms. The van der Waals surface area contributed by atoms with E-state index in [4.69, 9.17) is 14.6 Å². The summed E-state index contributed by atoms with van der Waals surface area (Å²) in [4.78, 5) is 10.2. The quantitative estimate of drug-likeness (QED) is 0.490. The molecule has 2 rings (SSSR count). The predicted molar refractivity (Wildman–Crippen MR) is 25.8 cm³/mol. The van der Waals surface area contributed by atoms with Gasteiger partial charge in [0.2, 0.25) is 0 Å². The second kappa shape index (κ2) is 1.46. The van der Waals surface area contributed by atoms with Crippen LogP contribution in [0.3, 0.4) is 0 Å². The first-order valence-corrected chi connectivity index (χ1v) is 2.81. The van der Waals surface area contributed by atoms with Crippen LogP contribution in [0.25, 0.3) is 0 Å². The Morgan fingerprint density at radius 2 is 2.33 bits per heavy atom. The van der Waals surface area contributed by atoms with Crippen molar-refractivity contribution in [2.75, 3.05) is 0 Å². The SMILES string of the molecule is O=C(O)C1CC2OC2O1. The summed E-state index contributed by atoms with van der Waals surface area (Å²) in [6.45, 7) is 0. The summed E-state index contributed by atoms with van der Waals surface area (Å²) in [6.07, 6.45) is -0.231. The molecule has 3 atom stereocenters. The lowest BCUT2D eigenvalue weighted by Gasteiger charge is -2.03. The fourth-order valence-electron chi connectivity index (χ4n) is 1.00.